The molecule has 1 heterocycles. The second kappa shape index (κ2) is 5.66. The van der Waals surface area contributed by atoms with Crippen LogP contribution in [0.25, 0.3) is 21.9 Å². The standard InChI is InChI=1S/C17H13ClN2O2/c1-19-16(21)10-6-7-15(18)13(8-10)14-9-20-17(22)12-5-3-2-4-11(12)14/h2-9H,1H3,(H,19,21)(H,20,22). The third-order valence-corrected chi connectivity index (χ3v) is 3.88. The molecule has 3 rings (SSSR count). The molecule has 3 aromatic rings. The maximum absolute atomic E-state index is 11.9. The Morgan fingerprint density at radius 2 is 1.82 bits per heavy atom. The lowest BCUT2D eigenvalue weighted by Crippen LogP contribution is -2.17. The van der Waals surface area contributed by atoms with Gasteiger partial charge in [0.2, 0.25) is 0 Å². The Morgan fingerprint density at radius 1 is 1.09 bits per heavy atom. The van der Waals surface area contributed by atoms with Crippen molar-refractivity contribution in [1.82, 2.24) is 10.3 Å². The molecule has 1 amide bonds. The fourth-order valence-electron chi connectivity index (χ4n) is 2.45. The lowest BCUT2D eigenvalue weighted by Gasteiger charge is -2.10. The zero-order valence-corrected chi connectivity index (χ0v) is 12.6. The quantitative estimate of drug-likeness (QED) is 0.763. The van der Waals surface area contributed by atoms with Crippen LogP contribution in [0.5, 0.6) is 0 Å². The van der Waals surface area contributed by atoms with E-state index in [0.717, 1.165) is 10.9 Å². The summed E-state index contributed by atoms with van der Waals surface area (Å²) in [7, 11) is 1.58. The molecule has 0 aliphatic heterocycles. The SMILES string of the molecule is CNC(=O)c1ccc(Cl)c(-c2c[nH]c(=O)c3ccccc23)c1. The van der Waals surface area contributed by atoms with Crippen LogP contribution in [-0.4, -0.2) is 17.9 Å². The fraction of sp³-hybridized carbons (Fsp3) is 0.0588. The number of aromatic nitrogens is 1. The van der Waals surface area contributed by atoms with Crippen LogP contribution in [0.15, 0.2) is 53.5 Å². The molecule has 0 atom stereocenters. The third-order valence-electron chi connectivity index (χ3n) is 3.56. The van der Waals surface area contributed by atoms with Gasteiger partial charge in [0.15, 0.2) is 0 Å². The van der Waals surface area contributed by atoms with E-state index in [1.54, 1.807) is 37.5 Å². The Morgan fingerprint density at radius 3 is 2.55 bits per heavy atom. The van der Waals surface area contributed by atoms with Gasteiger partial charge < -0.3 is 10.3 Å². The first-order valence-electron chi connectivity index (χ1n) is 6.74. The van der Waals surface area contributed by atoms with Gasteiger partial charge in [-0.05, 0) is 29.7 Å². The molecule has 1 aromatic heterocycles. The van der Waals surface area contributed by atoms with E-state index >= 15 is 0 Å². The van der Waals surface area contributed by atoms with Gasteiger partial charge in [-0.25, -0.2) is 0 Å². The van der Waals surface area contributed by atoms with Crippen LogP contribution in [0.2, 0.25) is 5.02 Å². The highest BCUT2D eigenvalue weighted by Gasteiger charge is 2.12. The van der Waals surface area contributed by atoms with Crippen LogP contribution in [0, 0.1) is 0 Å². The maximum Gasteiger partial charge on any atom is 0.255 e. The smallest absolute Gasteiger partial charge is 0.255 e. The topological polar surface area (TPSA) is 62.0 Å². The molecule has 0 aliphatic carbocycles. The first kappa shape index (κ1) is 14.4. The van der Waals surface area contributed by atoms with E-state index in [1.807, 2.05) is 18.2 Å². The van der Waals surface area contributed by atoms with Crippen molar-refractivity contribution in [2.45, 2.75) is 0 Å². The number of carbonyl (C=O) groups excluding carboxylic acids is 1. The summed E-state index contributed by atoms with van der Waals surface area (Å²) in [5.74, 6) is -0.188. The van der Waals surface area contributed by atoms with E-state index < -0.39 is 0 Å². The van der Waals surface area contributed by atoms with Gasteiger partial charge in [0.05, 0.1) is 0 Å². The maximum atomic E-state index is 11.9. The molecule has 0 aliphatic rings. The van der Waals surface area contributed by atoms with E-state index in [-0.39, 0.29) is 11.5 Å². The van der Waals surface area contributed by atoms with Crippen molar-refractivity contribution in [1.29, 1.82) is 0 Å². The molecule has 0 fully saturated rings. The van der Waals surface area contributed by atoms with E-state index in [1.165, 1.54) is 0 Å². The average molecular weight is 313 g/mol. The fourth-order valence-corrected chi connectivity index (χ4v) is 2.67. The van der Waals surface area contributed by atoms with Crippen molar-refractivity contribution < 1.29 is 4.79 Å². The summed E-state index contributed by atoms with van der Waals surface area (Å²) in [5, 5.41) is 4.48. The van der Waals surface area contributed by atoms with Gasteiger partial charge in [-0.3, -0.25) is 9.59 Å². The molecule has 0 bridgehead atoms. The minimum absolute atomic E-state index is 0.155. The summed E-state index contributed by atoms with van der Waals surface area (Å²) in [6.07, 6.45) is 1.62. The van der Waals surface area contributed by atoms with Crippen molar-refractivity contribution >= 4 is 28.3 Å². The summed E-state index contributed by atoms with van der Waals surface area (Å²) in [6.45, 7) is 0. The molecule has 5 heteroatoms. The molecule has 2 N–H and O–H groups in total. The van der Waals surface area contributed by atoms with Gasteiger partial charge in [-0.15, -0.1) is 0 Å². The van der Waals surface area contributed by atoms with Crippen LogP contribution in [-0.2, 0) is 0 Å². The molecule has 2 aromatic carbocycles. The predicted molar refractivity (Wildman–Crippen MR) is 88.4 cm³/mol. The van der Waals surface area contributed by atoms with Gasteiger partial charge >= 0.3 is 0 Å². The number of nitrogens with one attached hydrogen (secondary N) is 2. The number of amides is 1. The highest BCUT2D eigenvalue weighted by molar-refractivity contribution is 6.34. The van der Waals surface area contributed by atoms with E-state index in [0.29, 0.717) is 21.5 Å². The number of carbonyl (C=O) groups is 1. The van der Waals surface area contributed by atoms with E-state index in [4.69, 9.17) is 11.6 Å². The second-order valence-electron chi connectivity index (χ2n) is 4.85. The average Bonchev–Trinajstić information content (AvgIpc) is 2.56. The summed E-state index contributed by atoms with van der Waals surface area (Å²) in [5.41, 5.74) is 1.84. The third kappa shape index (κ3) is 2.38. The molecule has 0 unspecified atom stereocenters. The summed E-state index contributed by atoms with van der Waals surface area (Å²) < 4.78 is 0. The number of hydrogen-bond donors (Lipinski definition) is 2. The highest BCUT2D eigenvalue weighted by atomic mass is 35.5. The molecule has 0 spiro atoms. The number of aromatic amines is 1. The number of halogens is 1. The van der Waals surface area contributed by atoms with Crippen molar-refractivity contribution in [3.05, 3.63) is 69.6 Å². The summed E-state index contributed by atoms with van der Waals surface area (Å²) >= 11 is 6.30. The monoisotopic (exact) mass is 312 g/mol. The van der Waals surface area contributed by atoms with Crippen molar-refractivity contribution in [3.63, 3.8) is 0 Å². The lowest BCUT2D eigenvalue weighted by atomic mass is 9.99. The van der Waals surface area contributed by atoms with Gasteiger partial charge in [0.25, 0.3) is 11.5 Å². The van der Waals surface area contributed by atoms with Gasteiger partial charge in [-0.2, -0.15) is 0 Å². The van der Waals surface area contributed by atoms with Crippen molar-refractivity contribution in [2.24, 2.45) is 0 Å². The van der Waals surface area contributed by atoms with Crippen LogP contribution in [0.3, 0.4) is 0 Å². The summed E-state index contributed by atoms with van der Waals surface area (Å²) in [4.78, 5) is 26.4. The molecular formula is C17H13ClN2O2. The molecular weight excluding hydrogens is 300 g/mol. The highest BCUT2D eigenvalue weighted by Crippen LogP contribution is 2.32. The Balaban J connectivity index is 2.30. The Kier molecular flexibility index (Phi) is 3.69. The number of H-pyrrole nitrogens is 1. The predicted octanol–water partition coefficient (Wildman–Crippen LogP) is 3.21. The summed E-state index contributed by atoms with van der Waals surface area (Å²) in [6, 6.07) is 12.4. The zero-order chi connectivity index (χ0) is 15.7. The molecule has 4 nitrogen and oxygen atoms in total. The van der Waals surface area contributed by atoms with Gasteiger partial charge in [-0.1, -0.05) is 29.8 Å². The molecule has 0 saturated carbocycles. The molecule has 110 valence electrons. The second-order valence-corrected chi connectivity index (χ2v) is 5.26. The van der Waals surface area contributed by atoms with Crippen LogP contribution in [0.4, 0.5) is 0 Å². The number of pyridine rings is 1. The molecule has 22 heavy (non-hydrogen) atoms. The van der Waals surface area contributed by atoms with Gasteiger partial charge in [0, 0.05) is 40.3 Å². The number of rotatable bonds is 2. The number of hydrogen-bond acceptors (Lipinski definition) is 2. The van der Waals surface area contributed by atoms with Crippen molar-refractivity contribution in [3.8, 4) is 11.1 Å². The lowest BCUT2D eigenvalue weighted by molar-refractivity contribution is 0.0963. The zero-order valence-electron chi connectivity index (χ0n) is 11.8. The van der Waals surface area contributed by atoms with E-state index in [9.17, 15) is 9.59 Å². The Hall–Kier alpha value is -2.59. The van der Waals surface area contributed by atoms with Crippen LogP contribution in [0.1, 0.15) is 10.4 Å². The van der Waals surface area contributed by atoms with Crippen LogP contribution < -0.4 is 10.9 Å². The van der Waals surface area contributed by atoms with E-state index in [2.05, 4.69) is 10.3 Å². The first-order chi connectivity index (χ1) is 10.6. The Bertz CT molecular complexity index is 931. The Labute approximate surface area is 131 Å². The van der Waals surface area contributed by atoms with Gasteiger partial charge in [0.1, 0.15) is 0 Å². The number of fused-ring (bicyclic) bond motifs is 1. The van der Waals surface area contributed by atoms with Crippen molar-refractivity contribution in [2.75, 3.05) is 7.05 Å². The molecule has 0 radical (unpaired) electrons. The largest absolute Gasteiger partial charge is 0.355 e. The molecule has 0 saturated heterocycles. The normalized spacial score (nSPS) is 10.6. The first-order valence-corrected chi connectivity index (χ1v) is 7.12. The minimum Gasteiger partial charge on any atom is -0.355 e. The van der Waals surface area contributed by atoms with Crippen LogP contribution >= 0.6 is 11.6 Å². The number of benzene rings is 2. The minimum atomic E-state index is -0.188.